The van der Waals surface area contributed by atoms with Gasteiger partial charge in [-0.05, 0) is 37.5 Å². The first kappa shape index (κ1) is 22.5. The number of halogens is 2. The van der Waals surface area contributed by atoms with Gasteiger partial charge in [-0.15, -0.1) is 0 Å². The highest BCUT2D eigenvalue weighted by atomic mass is 35.5. The lowest BCUT2D eigenvalue weighted by Gasteiger charge is -2.12. The van der Waals surface area contributed by atoms with E-state index in [0.29, 0.717) is 29.6 Å². The standard InChI is InChI=1S/C17H27Cl2N5O2/c1-11(25)15(26)5-3-2-4-8-22-16(20)24-17(21)23-10-12-6-7-13(18)14(19)9-12/h6-7,9,11,15,25-26H,2-5,8,10H2,1H3,(H5,20,21,22,23,24)/t11-,15+/m0/s1. The molecule has 0 unspecified atom stereocenters. The molecule has 0 spiro atoms. The lowest BCUT2D eigenvalue weighted by atomic mass is 10.1. The smallest absolute Gasteiger partial charge is 0.195 e. The van der Waals surface area contributed by atoms with Crippen LogP contribution in [0.25, 0.3) is 0 Å². The van der Waals surface area contributed by atoms with Gasteiger partial charge in [0, 0.05) is 6.54 Å². The van der Waals surface area contributed by atoms with Gasteiger partial charge in [0.05, 0.1) is 28.8 Å². The number of unbranched alkanes of at least 4 members (excludes halogenated alkanes) is 2. The average Bonchev–Trinajstić information content (AvgIpc) is 2.58. The highest BCUT2D eigenvalue weighted by molar-refractivity contribution is 6.42. The molecule has 0 saturated carbocycles. The molecule has 0 fully saturated rings. The zero-order chi connectivity index (χ0) is 19.5. The summed E-state index contributed by atoms with van der Waals surface area (Å²) in [6, 6.07) is 5.25. The van der Waals surface area contributed by atoms with Gasteiger partial charge in [-0.3, -0.25) is 10.3 Å². The van der Waals surface area contributed by atoms with Crippen LogP contribution in [0.4, 0.5) is 0 Å². The average molecular weight is 404 g/mol. The largest absolute Gasteiger partial charge is 0.391 e. The van der Waals surface area contributed by atoms with Gasteiger partial charge in [0.1, 0.15) is 0 Å². The Hall–Kier alpha value is -1.54. The molecule has 26 heavy (non-hydrogen) atoms. The third-order valence-corrected chi connectivity index (χ3v) is 4.41. The number of hydrogen-bond donors (Lipinski definition) is 5. The number of benzene rings is 1. The number of guanidine groups is 2. The molecule has 0 amide bonds. The monoisotopic (exact) mass is 403 g/mol. The van der Waals surface area contributed by atoms with E-state index in [-0.39, 0.29) is 11.9 Å². The van der Waals surface area contributed by atoms with Crippen LogP contribution in [0.2, 0.25) is 10.0 Å². The van der Waals surface area contributed by atoms with Crippen molar-refractivity contribution in [3.63, 3.8) is 0 Å². The SMILES string of the molecule is C[C@H](O)[C@H](O)CCCCCN=C(N)NC(N)=NCc1ccc(Cl)c(Cl)c1. The van der Waals surface area contributed by atoms with Crippen molar-refractivity contribution in [1.82, 2.24) is 5.32 Å². The number of hydrogen-bond acceptors (Lipinski definition) is 4. The summed E-state index contributed by atoms with van der Waals surface area (Å²) in [4.78, 5) is 8.34. The number of rotatable bonds is 9. The summed E-state index contributed by atoms with van der Waals surface area (Å²) in [7, 11) is 0. The second-order valence-corrected chi connectivity index (χ2v) is 6.81. The number of aliphatic hydroxyl groups is 2. The van der Waals surface area contributed by atoms with E-state index >= 15 is 0 Å². The van der Waals surface area contributed by atoms with Gasteiger partial charge in [-0.2, -0.15) is 0 Å². The number of aliphatic hydroxyl groups excluding tert-OH is 2. The van der Waals surface area contributed by atoms with Gasteiger partial charge in [0.2, 0.25) is 0 Å². The summed E-state index contributed by atoms with van der Waals surface area (Å²) in [6.45, 7) is 2.47. The normalized spacial score (nSPS) is 15.0. The molecule has 0 aliphatic rings. The molecule has 0 aromatic heterocycles. The molecule has 0 heterocycles. The van der Waals surface area contributed by atoms with E-state index in [4.69, 9.17) is 34.7 Å². The van der Waals surface area contributed by atoms with Crippen LogP contribution in [0, 0.1) is 0 Å². The minimum Gasteiger partial charge on any atom is -0.391 e. The van der Waals surface area contributed by atoms with Crippen LogP contribution >= 0.6 is 23.2 Å². The molecule has 146 valence electrons. The molecule has 0 aliphatic heterocycles. The maximum absolute atomic E-state index is 9.48. The van der Waals surface area contributed by atoms with Crippen molar-refractivity contribution < 1.29 is 10.2 Å². The minimum absolute atomic E-state index is 0.164. The molecule has 7 nitrogen and oxygen atoms in total. The molecule has 0 saturated heterocycles. The van der Waals surface area contributed by atoms with Crippen molar-refractivity contribution in [2.45, 2.75) is 51.4 Å². The topological polar surface area (TPSA) is 129 Å². The number of aliphatic imine (C=N–C) groups is 2. The summed E-state index contributed by atoms with van der Waals surface area (Å²) >= 11 is 11.8. The van der Waals surface area contributed by atoms with Crippen molar-refractivity contribution in [3.8, 4) is 0 Å². The Labute approximate surface area is 164 Å². The highest BCUT2D eigenvalue weighted by Gasteiger charge is 2.09. The summed E-state index contributed by atoms with van der Waals surface area (Å²) < 4.78 is 0. The fourth-order valence-electron chi connectivity index (χ4n) is 2.11. The molecule has 0 aliphatic carbocycles. The van der Waals surface area contributed by atoms with Crippen LogP contribution in [0.3, 0.4) is 0 Å². The Morgan fingerprint density at radius 2 is 1.77 bits per heavy atom. The second-order valence-electron chi connectivity index (χ2n) is 6.00. The fraction of sp³-hybridized carbons (Fsp3) is 0.529. The molecule has 2 atom stereocenters. The lowest BCUT2D eigenvalue weighted by Crippen LogP contribution is -2.41. The van der Waals surface area contributed by atoms with Crippen molar-refractivity contribution in [3.05, 3.63) is 33.8 Å². The van der Waals surface area contributed by atoms with Crippen LogP contribution in [-0.4, -0.2) is 40.9 Å². The molecular formula is C17H27Cl2N5O2. The zero-order valence-corrected chi connectivity index (χ0v) is 16.3. The summed E-state index contributed by atoms with van der Waals surface area (Å²) in [6.07, 6.45) is 1.75. The first-order chi connectivity index (χ1) is 12.3. The third-order valence-electron chi connectivity index (χ3n) is 3.67. The van der Waals surface area contributed by atoms with E-state index in [9.17, 15) is 10.2 Å². The Bertz CT molecular complexity index is 623. The van der Waals surface area contributed by atoms with Crippen molar-refractivity contribution in [2.75, 3.05) is 6.54 Å². The Morgan fingerprint density at radius 1 is 1.08 bits per heavy atom. The second kappa shape index (κ2) is 12.0. The fourth-order valence-corrected chi connectivity index (χ4v) is 2.43. The Balaban J connectivity index is 2.28. The van der Waals surface area contributed by atoms with Crippen LogP contribution < -0.4 is 16.8 Å². The van der Waals surface area contributed by atoms with E-state index in [0.717, 1.165) is 24.8 Å². The molecule has 1 aromatic carbocycles. The lowest BCUT2D eigenvalue weighted by molar-refractivity contribution is 0.0247. The highest BCUT2D eigenvalue weighted by Crippen LogP contribution is 2.22. The van der Waals surface area contributed by atoms with E-state index in [1.807, 2.05) is 6.07 Å². The molecule has 0 radical (unpaired) electrons. The number of nitrogens with zero attached hydrogens (tertiary/aromatic N) is 2. The maximum Gasteiger partial charge on any atom is 0.195 e. The number of nitrogens with two attached hydrogens (primary N) is 2. The summed E-state index contributed by atoms with van der Waals surface area (Å²) in [5.41, 5.74) is 12.4. The predicted octanol–water partition coefficient (Wildman–Crippen LogP) is 2.01. The maximum atomic E-state index is 9.48. The molecule has 0 bridgehead atoms. The Morgan fingerprint density at radius 3 is 2.42 bits per heavy atom. The molecule has 1 rings (SSSR count). The minimum atomic E-state index is -0.695. The van der Waals surface area contributed by atoms with E-state index in [1.165, 1.54) is 0 Å². The summed E-state index contributed by atoms with van der Waals surface area (Å²) in [5.74, 6) is 0.363. The molecule has 1 aromatic rings. The Kier molecular flexibility index (Phi) is 10.3. The van der Waals surface area contributed by atoms with E-state index in [2.05, 4.69) is 15.3 Å². The molecule has 7 N–H and O–H groups in total. The van der Waals surface area contributed by atoms with Crippen LogP contribution in [0.5, 0.6) is 0 Å². The quantitative estimate of drug-likeness (QED) is 0.244. The summed E-state index contributed by atoms with van der Waals surface area (Å²) in [5, 5.41) is 22.4. The van der Waals surface area contributed by atoms with Gasteiger partial charge >= 0.3 is 0 Å². The predicted molar refractivity (Wildman–Crippen MR) is 108 cm³/mol. The number of nitrogens with one attached hydrogen (secondary N) is 1. The van der Waals surface area contributed by atoms with Gasteiger partial charge < -0.3 is 21.7 Å². The van der Waals surface area contributed by atoms with Crippen molar-refractivity contribution in [1.29, 1.82) is 0 Å². The molecular weight excluding hydrogens is 377 g/mol. The van der Waals surface area contributed by atoms with Gasteiger partial charge in [-0.1, -0.05) is 42.1 Å². The third kappa shape index (κ3) is 9.24. The van der Waals surface area contributed by atoms with E-state index in [1.54, 1.807) is 19.1 Å². The van der Waals surface area contributed by atoms with Gasteiger partial charge in [0.15, 0.2) is 11.9 Å². The molecule has 9 heteroatoms. The first-order valence-electron chi connectivity index (χ1n) is 8.46. The van der Waals surface area contributed by atoms with Crippen LogP contribution in [-0.2, 0) is 6.54 Å². The van der Waals surface area contributed by atoms with E-state index < -0.39 is 12.2 Å². The first-order valence-corrected chi connectivity index (χ1v) is 9.22. The van der Waals surface area contributed by atoms with Gasteiger partial charge in [0.25, 0.3) is 0 Å². The van der Waals surface area contributed by atoms with Crippen molar-refractivity contribution >= 4 is 35.1 Å². The zero-order valence-electron chi connectivity index (χ0n) is 14.8. The van der Waals surface area contributed by atoms with Crippen LogP contribution in [0.15, 0.2) is 28.2 Å². The van der Waals surface area contributed by atoms with Crippen LogP contribution in [0.1, 0.15) is 38.2 Å². The van der Waals surface area contributed by atoms with Crippen molar-refractivity contribution in [2.24, 2.45) is 21.5 Å². The van der Waals surface area contributed by atoms with Gasteiger partial charge in [-0.25, -0.2) is 4.99 Å².